The second-order valence-electron chi connectivity index (χ2n) is 5.53. The highest BCUT2D eigenvalue weighted by Gasteiger charge is 2.12. The van der Waals surface area contributed by atoms with E-state index in [2.05, 4.69) is 47.2 Å². The van der Waals surface area contributed by atoms with Gasteiger partial charge in [-0.05, 0) is 52.2 Å². The first-order valence-corrected chi connectivity index (χ1v) is 10.4. The first kappa shape index (κ1) is 16.9. The number of thiophene rings is 3. The van der Waals surface area contributed by atoms with Gasteiger partial charge in [0.15, 0.2) is 0 Å². The Hall–Kier alpha value is -2.54. The van der Waals surface area contributed by atoms with Gasteiger partial charge in [0.25, 0.3) is 5.69 Å². The summed E-state index contributed by atoms with van der Waals surface area (Å²) < 4.78 is 0. The van der Waals surface area contributed by atoms with Crippen molar-refractivity contribution in [1.29, 1.82) is 0 Å². The van der Waals surface area contributed by atoms with Gasteiger partial charge in [-0.3, -0.25) is 10.1 Å². The molecule has 4 rings (SSSR count). The van der Waals surface area contributed by atoms with E-state index in [1.807, 2.05) is 6.08 Å². The molecule has 0 fully saturated rings. The highest BCUT2D eigenvalue weighted by molar-refractivity contribution is 7.26. The lowest BCUT2D eigenvalue weighted by Gasteiger charge is -1.96. The fourth-order valence-electron chi connectivity index (χ4n) is 2.56. The Kier molecular flexibility index (Phi) is 4.79. The number of benzene rings is 1. The molecule has 26 heavy (non-hydrogen) atoms. The molecule has 0 aliphatic rings. The molecule has 0 unspecified atom stereocenters. The number of hydrogen-bond acceptors (Lipinski definition) is 5. The van der Waals surface area contributed by atoms with Crippen molar-refractivity contribution in [3.05, 3.63) is 86.6 Å². The van der Waals surface area contributed by atoms with Crippen molar-refractivity contribution >= 4 is 51.8 Å². The van der Waals surface area contributed by atoms with Gasteiger partial charge >= 0.3 is 0 Å². The smallest absolute Gasteiger partial charge is 0.258 e. The van der Waals surface area contributed by atoms with E-state index in [1.165, 1.54) is 37.2 Å². The van der Waals surface area contributed by atoms with Gasteiger partial charge < -0.3 is 0 Å². The minimum Gasteiger partial charge on any atom is -0.258 e. The van der Waals surface area contributed by atoms with Crippen molar-refractivity contribution in [2.45, 2.75) is 0 Å². The SMILES string of the molecule is O=[N+]([O-])c1ccc(/C=C\c2cc(-c3cccs3)sc2-c2cccs2)cc1. The molecule has 0 saturated heterocycles. The molecule has 0 saturated carbocycles. The Labute approximate surface area is 162 Å². The van der Waals surface area contributed by atoms with Crippen LogP contribution in [-0.4, -0.2) is 4.92 Å². The number of nitro groups is 1. The normalized spacial score (nSPS) is 11.2. The van der Waals surface area contributed by atoms with Crippen LogP contribution >= 0.6 is 34.0 Å². The molecule has 0 aliphatic heterocycles. The number of hydrogen-bond donors (Lipinski definition) is 0. The summed E-state index contributed by atoms with van der Waals surface area (Å²) in [5.74, 6) is 0. The van der Waals surface area contributed by atoms with Crippen LogP contribution in [0.3, 0.4) is 0 Å². The van der Waals surface area contributed by atoms with Crippen LogP contribution < -0.4 is 0 Å². The van der Waals surface area contributed by atoms with E-state index >= 15 is 0 Å². The van der Waals surface area contributed by atoms with Crippen LogP contribution in [0.1, 0.15) is 11.1 Å². The van der Waals surface area contributed by atoms with Crippen LogP contribution in [0, 0.1) is 10.1 Å². The molecule has 128 valence electrons. The van der Waals surface area contributed by atoms with Crippen LogP contribution in [0.2, 0.25) is 0 Å². The molecule has 0 atom stereocenters. The average molecular weight is 396 g/mol. The summed E-state index contributed by atoms with van der Waals surface area (Å²) in [6.45, 7) is 0. The largest absolute Gasteiger partial charge is 0.269 e. The van der Waals surface area contributed by atoms with Gasteiger partial charge in [0.05, 0.1) is 9.80 Å². The van der Waals surface area contributed by atoms with Gasteiger partial charge in [-0.25, -0.2) is 0 Å². The maximum absolute atomic E-state index is 10.8. The van der Waals surface area contributed by atoms with Crippen LogP contribution in [0.15, 0.2) is 65.4 Å². The van der Waals surface area contributed by atoms with Gasteiger partial charge in [0, 0.05) is 26.8 Å². The predicted molar refractivity (Wildman–Crippen MR) is 113 cm³/mol. The lowest BCUT2D eigenvalue weighted by molar-refractivity contribution is -0.384. The molecular formula is C20H13NO2S3. The zero-order valence-electron chi connectivity index (χ0n) is 13.5. The summed E-state index contributed by atoms with van der Waals surface area (Å²) in [6, 6.07) is 17.2. The molecule has 3 heterocycles. The van der Waals surface area contributed by atoms with E-state index in [1.54, 1.807) is 46.1 Å². The molecule has 6 heteroatoms. The zero-order chi connectivity index (χ0) is 17.9. The second kappa shape index (κ2) is 7.37. The first-order valence-electron chi connectivity index (χ1n) is 7.85. The van der Waals surface area contributed by atoms with Crippen molar-refractivity contribution in [1.82, 2.24) is 0 Å². The van der Waals surface area contributed by atoms with Gasteiger partial charge in [0.2, 0.25) is 0 Å². The van der Waals surface area contributed by atoms with Gasteiger partial charge in [-0.2, -0.15) is 0 Å². The fraction of sp³-hybridized carbons (Fsp3) is 0. The average Bonchev–Trinajstić information content (AvgIpc) is 3.40. The Morgan fingerprint density at radius 2 is 1.54 bits per heavy atom. The van der Waals surface area contributed by atoms with E-state index in [9.17, 15) is 10.1 Å². The molecule has 0 aliphatic carbocycles. The van der Waals surface area contributed by atoms with Gasteiger partial charge in [-0.15, -0.1) is 34.0 Å². The second-order valence-corrected chi connectivity index (χ2v) is 8.48. The lowest BCUT2D eigenvalue weighted by atomic mass is 10.1. The van der Waals surface area contributed by atoms with Gasteiger partial charge in [0.1, 0.15) is 0 Å². The van der Waals surface area contributed by atoms with Crippen molar-refractivity contribution in [3.63, 3.8) is 0 Å². The highest BCUT2D eigenvalue weighted by atomic mass is 32.1. The number of nitro benzene ring substituents is 1. The number of nitrogens with zero attached hydrogens (tertiary/aromatic N) is 1. The van der Waals surface area contributed by atoms with Crippen LogP contribution in [-0.2, 0) is 0 Å². The standard InChI is InChI=1S/C20H13NO2S3/c22-21(23)16-9-6-14(7-10-16)5-8-15-13-19(17-3-1-11-24-17)26-20(15)18-4-2-12-25-18/h1-13H/b8-5-. The van der Waals surface area contributed by atoms with E-state index in [4.69, 9.17) is 0 Å². The molecule has 4 aromatic rings. The van der Waals surface area contributed by atoms with Crippen molar-refractivity contribution < 1.29 is 4.92 Å². The Morgan fingerprint density at radius 3 is 2.15 bits per heavy atom. The third kappa shape index (κ3) is 3.53. The Bertz CT molecular complexity index is 1040. The molecule has 0 amide bonds. The van der Waals surface area contributed by atoms with E-state index in [0.29, 0.717) is 0 Å². The van der Waals surface area contributed by atoms with Crippen molar-refractivity contribution in [2.75, 3.05) is 0 Å². The number of rotatable bonds is 5. The van der Waals surface area contributed by atoms with Crippen molar-refractivity contribution in [3.8, 4) is 19.5 Å². The van der Waals surface area contributed by atoms with Gasteiger partial charge in [-0.1, -0.05) is 24.3 Å². The minimum atomic E-state index is -0.380. The molecule has 0 N–H and O–H groups in total. The third-order valence-corrected chi connectivity index (χ3v) is 7.10. The quantitative estimate of drug-likeness (QED) is 0.263. The van der Waals surface area contributed by atoms with E-state index in [-0.39, 0.29) is 10.6 Å². The summed E-state index contributed by atoms with van der Waals surface area (Å²) in [6.07, 6.45) is 4.09. The molecule has 1 aromatic carbocycles. The molecule has 0 bridgehead atoms. The highest BCUT2D eigenvalue weighted by Crippen LogP contribution is 2.42. The maximum Gasteiger partial charge on any atom is 0.269 e. The topological polar surface area (TPSA) is 43.1 Å². The third-order valence-electron chi connectivity index (χ3n) is 3.83. The monoisotopic (exact) mass is 395 g/mol. The minimum absolute atomic E-state index is 0.108. The van der Waals surface area contributed by atoms with Crippen molar-refractivity contribution in [2.24, 2.45) is 0 Å². The van der Waals surface area contributed by atoms with E-state index in [0.717, 1.165) is 5.56 Å². The van der Waals surface area contributed by atoms with Crippen LogP contribution in [0.4, 0.5) is 5.69 Å². The molecule has 3 aromatic heterocycles. The maximum atomic E-state index is 10.8. The Morgan fingerprint density at radius 1 is 0.846 bits per heavy atom. The number of non-ortho nitro benzene ring substituents is 1. The summed E-state index contributed by atoms with van der Waals surface area (Å²) in [5, 5.41) is 15.0. The summed E-state index contributed by atoms with van der Waals surface area (Å²) in [4.78, 5) is 15.4. The van der Waals surface area contributed by atoms with E-state index < -0.39 is 0 Å². The zero-order valence-corrected chi connectivity index (χ0v) is 15.9. The Balaban J connectivity index is 1.69. The molecule has 0 radical (unpaired) electrons. The fourth-order valence-corrected chi connectivity index (χ4v) is 5.41. The molecule has 0 spiro atoms. The summed E-state index contributed by atoms with van der Waals surface area (Å²) >= 11 is 5.27. The van der Waals surface area contributed by atoms with Crippen LogP contribution in [0.25, 0.3) is 31.7 Å². The predicted octanol–water partition coefficient (Wildman–Crippen LogP) is 7.28. The summed E-state index contributed by atoms with van der Waals surface area (Å²) in [5.41, 5.74) is 2.22. The summed E-state index contributed by atoms with van der Waals surface area (Å²) in [7, 11) is 0. The molecule has 3 nitrogen and oxygen atoms in total. The first-order chi connectivity index (χ1) is 12.7. The van der Waals surface area contributed by atoms with Crippen LogP contribution in [0.5, 0.6) is 0 Å². The molecular weight excluding hydrogens is 382 g/mol. The lowest BCUT2D eigenvalue weighted by Crippen LogP contribution is -1.86.